The number of halogens is 1. The standard InChI is InChI=1S/C16H14ClN7O2/c1-9(26-2)15-12(8-20-14-4-13(17)23-24(14)15)22-16(25)21-11-3-10(5-18)6-19-7-11/h3-4,6-9H,1-2H3,(H2,21,22,25). The van der Waals surface area contributed by atoms with Crippen LogP contribution in [0.2, 0.25) is 5.15 Å². The lowest BCUT2D eigenvalue weighted by Crippen LogP contribution is -2.22. The lowest BCUT2D eigenvalue weighted by Gasteiger charge is -2.17. The monoisotopic (exact) mass is 371 g/mol. The van der Waals surface area contributed by atoms with Crippen LogP contribution in [0.25, 0.3) is 5.65 Å². The summed E-state index contributed by atoms with van der Waals surface area (Å²) in [6.45, 7) is 1.81. The quantitative estimate of drug-likeness (QED) is 0.727. The van der Waals surface area contributed by atoms with Crippen LogP contribution < -0.4 is 10.6 Å². The van der Waals surface area contributed by atoms with Crippen LogP contribution in [0.1, 0.15) is 24.3 Å². The molecule has 0 spiro atoms. The first-order valence-corrected chi connectivity index (χ1v) is 7.89. The number of carbonyl (C=O) groups excluding carboxylic acids is 1. The number of methoxy groups -OCH3 is 1. The van der Waals surface area contributed by atoms with Crippen LogP contribution in [-0.4, -0.2) is 32.7 Å². The van der Waals surface area contributed by atoms with Crippen molar-refractivity contribution in [2.24, 2.45) is 0 Å². The Bertz CT molecular complexity index is 1010. The number of urea groups is 1. The van der Waals surface area contributed by atoms with Gasteiger partial charge in [-0.05, 0) is 13.0 Å². The van der Waals surface area contributed by atoms with Crippen molar-refractivity contribution in [1.82, 2.24) is 19.6 Å². The zero-order valence-corrected chi connectivity index (χ0v) is 14.7. The van der Waals surface area contributed by atoms with Gasteiger partial charge in [-0.1, -0.05) is 11.6 Å². The molecule has 2 amide bonds. The summed E-state index contributed by atoms with van der Waals surface area (Å²) >= 11 is 5.95. The normalized spacial score (nSPS) is 11.8. The molecule has 9 nitrogen and oxygen atoms in total. The molecule has 3 aromatic heterocycles. The Morgan fingerprint density at radius 2 is 2.15 bits per heavy atom. The second-order valence-corrected chi connectivity index (χ2v) is 5.71. The fraction of sp³-hybridized carbons (Fsp3) is 0.188. The molecule has 0 fully saturated rings. The van der Waals surface area contributed by atoms with E-state index in [4.69, 9.17) is 21.6 Å². The molecule has 0 aliphatic rings. The summed E-state index contributed by atoms with van der Waals surface area (Å²) in [5, 5.41) is 18.7. The summed E-state index contributed by atoms with van der Waals surface area (Å²) in [4.78, 5) is 20.5. The minimum atomic E-state index is -0.522. The Labute approximate surface area is 153 Å². The second-order valence-electron chi connectivity index (χ2n) is 5.33. The minimum Gasteiger partial charge on any atom is -0.375 e. The molecule has 2 N–H and O–H groups in total. The van der Waals surface area contributed by atoms with Crippen LogP contribution in [0.4, 0.5) is 16.2 Å². The van der Waals surface area contributed by atoms with E-state index in [0.717, 1.165) is 0 Å². The van der Waals surface area contributed by atoms with Crippen molar-refractivity contribution in [2.45, 2.75) is 13.0 Å². The molecule has 26 heavy (non-hydrogen) atoms. The summed E-state index contributed by atoms with van der Waals surface area (Å²) in [6, 6.07) is 4.56. The fourth-order valence-electron chi connectivity index (χ4n) is 2.38. The molecule has 3 aromatic rings. The van der Waals surface area contributed by atoms with E-state index < -0.39 is 6.03 Å². The van der Waals surface area contributed by atoms with Gasteiger partial charge in [-0.2, -0.15) is 10.4 Å². The molecule has 0 saturated heterocycles. The van der Waals surface area contributed by atoms with Gasteiger partial charge >= 0.3 is 6.03 Å². The van der Waals surface area contributed by atoms with Crippen molar-refractivity contribution in [3.05, 3.63) is 47.1 Å². The fourth-order valence-corrected chi connectivity index (χ4v) is 2.55. The van der Waals surface area contributed by atoms with Gasteiger partial charge in [0, 0.05) is 19.4 Å². The molecule has 10 heteroatoms. The van der Waals surface area contributed by atoms with Crippen LogP contribution in [0, 0.1) is 11.3 Å². The molecule has 3 rings (SSSR count). The third-order valence-electron chi connectivity index (χ3n) is 3.60. The van der Waals surface area contributed by atoms with E-state index in [-0.39, 0.29) is 11.3 Å². The van der Waals surface area contributed by atoms with Crippen LogP contribution in [0.3, 0.4) is 0 Å². The van der Waals surface area contributed by atoms with Gasteiger partial charge in [0.25, 0.3) is 0 Å². The first-order chi connectivity index (χ1) is 12.5. The number of anilines is 2. The molecule has 1 atom stereocenters. The molecule has 0 radical (unpaired) electrons. The largest absolute Gasteiger partial charge is 0.375 e. The maximum absolute atomic E-state index is 12.3. The highest BCUT2D eigenvalue weighted by Gasteiger charge is 2.19. The van der Waals surface area contributed by atoms with Crippen molar-refractivity contribution >= 4 is 34.7 Å². The van der Waals surface area contributed by atoms with Gasteiger partial charge in [0.15, 0.2) is 10.8 Å². The third kappa shape index (κ3) is 3.56. The van der Waals surface area contributed by atoms with Crippen molar-refractivity contribution in [3.63, 3.8) is 0 Å². The van der Waals surface area contributed by atoms with E-state index >= 15 is 0 Å². The zero-order valence-electron chi connectivity index (χ0n) is 13.9. The molecule has 0 saturated carbocycles. The maximum atomic E-state index is 12.3. The number of carbonyl (C=O) groups is 1. The number of nitriles is 1. The summed E-state index contributed by atoms with van der Waals surface area (Å²) in [6.07, 6.45) is 3.96. The van der Waals surface area contributed by atoms with Gasteiger partial charge in [0.1, 0.15) is 6.07 Å². The number of pyridine rings is 1. The van der Waals surface area contributed by atoms with E-state index in [0.29, 0.717) is 28.3 Å². The highest BCUT2D eigenvalue weighted by molar-refractivity contribution is 6.29. The van der Waals surface area contributed by atoms with E-state index in [1.54, 1.807) is 13.2 Å². The summed E-state index contributed by atoms with van der Waals surface area (Å²) in [5.74, 6) is 0. The summed E-state index contributed by atoms with van der Waals surface area (Å²) in [7, 11) is 1.55. The van der Waals surface area contributed by atoms with Gasteiger partial charge in [-0.3, -0.25) is 4.98 Å². The number of fused-ring (bicyclic) bond motifs is 1. The van der Waals surface area contributed by atoms with Gasteiger partial charge in [0.05, 0.1) is 41.1 Å². The van der Waals surface area contributed by atoms with E-state index in [2.05, 4.69) is 25.7 Å². The molecular weight excluding hydrogens is 358 g/mol. The number of aromatic nitrogens is 4. The number of ether oxygens (including phenoxy) is 1. The highest BCUT2D eigenvalue weighted by Crippen LogP contribution is 2.26. The zero-order chi connectivity index (χ0) is 18.7. The molecule has 0 aliphatic heterocycles. The predicted molar refractivity (Wildman–Crippen MR) is 95.0 cm³/mol. The molecule has 0 aliphatic carbocycles. The molecule has 1 unspecified atom stereocenters. The molecule has 3 heterocycles. The van der Waals surface area contributed by atoms with Crippen molar-refractivity contribution < 1.29 is 9.53 Å². The SMILES string of the molecule is COC(C)c1c(NC(=O)Nc2cncc(C#N)c2)cnc2cc(Cl)nn12. The molecule has 132 valence electrons. The Morgan fingerprint density at radius 3 is 2.88 bits per heavy atom. The first kappa shape index (κ1) is 17.6. The Kier molecular flexibility index (Phi) is 4.97. The number of amides is 2. The van der Waals surface area contributed by atoms with Gasteiger partial charge in [-0.15, -0.1) is 0 Å². The molecule has 0 bridgehead atoms. The average molecular weight is 372 g/mol. The number of nitrogens with zero attached hydrogens (tertiary/aromatic N) is 5. The van der Waals surface area contributed by atoms with Crippen LogP contribution in [0.15, 0.2) is 30.7 Å². The van der Waals surface area contributed by atoms with Crippen molar-refractivity contribution in [1.29, 1.82) is 5.26 Å². The Balaban J connectivity index is 1.90. The third-order valence-corrected chi connectivity index (χ3v) is 3.79. The number of hydrogen-bond donors (Lipinski definition) is 2. The smallest absolute Gasteiger partial charge is 0.323 e. The highest BCUT2D eigenvalue weighted by atomic mass is 35.5. The predicted octanol–water partition coefficient (Wildman–Crippen LogP) is 3.00. The minimum absolute atomic E-state index is 0.281. The van der Waals surface area contributed by atoms with Crippen LogP contribution >= 0.6 is 11.6 Å². The molecule has 0 aromatic carbocycles. The average Bonchev–Trinajstić information content (AvgIpc) is 3.01. The second kappa shape index (κ2) is 7.35. The number of nitrogens with one attached hydrogen (secondary N) is 2. The number of rotatable bonds is 4. The van der Waals surface area contributed by atoms with Crippen molar-refractivity contribution in [2.75, 3.05) is 17.7 Å². The van der Waals surface area contributed by atoms with Crippen LogP contribution in [-0.2, 0) is 4.74 Å². The van der Waals surface area contributed by atoms with Gasteiger partial charge < -0.3 is 15.4 Å². The topological polar surface area (TPSA) is 117 Å². The lowest BCUT2D eigenvalue weighted by atomic mass is 10.2. The van der Waals surface area contributed by atoms with Gasteiger partial charge in [-0.25, -0.2) is 14.3 Å². The first-order valence-electron chi connectivity index (χ1n) is 7.52. The van der Waals surface area contributed by atoms with E-state index in [1.165, 1.54) is 29.2 Å². The Morgan fingerprint density at radius 1 is 1.35 bits per heavy atom. The summed E-state index contributed by atoms with van der Waals surface area (Å²) in [5.41, 5.74) is 2.26. The van der Waals surface area contributed by atoms with E-state index in [1.807, 2.05) is 13.0 Å². The van der Waals surface area contributed by atoms with E-state index in [9.17, 15) is 4.79 Å². The number of hydrogen-bond acceptors (Lipinski definition) is 6. The lowest BCUT2D eigenvalue weighted by molar-refractivity contribution is 0.114. The van der Waals surface area contributed by atoms with Crippen molar-refractivity contribution in [3.8, 4) is 6.07 Å². The maximum Gasteiger partial charge on any atom is 0.323 e. The Hall–Kier alpha value is -3.22. The van der Waals surface area contributed by atoms with Gasteiger partial charge in [0.2, 0.25) is 0 Å². The molecular formula is C16H14ClN7O2. The van der Waals surface area contributed by atoms with Crippen LogP contribution in [0.5, 0.6) is 0 Å². The summed E-state index contributed by atoms with van der Waals surface area (Å²) < 4.78 is 6.89.